The molecule has 2 atom stereocenters. The third kappa shape index (κ3) is 3.35. The van der Waals surface area contributed by atoms with Gasteiger partial charge in [-0.05, 0) is 31.5 Å². The molecule has 2 rings (SSSR count). The Morgan fingerprint density at radius 1 is 1.45 bits per heavy atom. The molecule has 0 unspecified atom stereocenters. The molecule has 0 aliphatic carbocycles. The summed E-state index contributed by atoms with van der Waals surface area (Å²) in [5, 5.41) is 2.73. The minimum atomic E-state index is -3.40. The molecule has 0 saturated heterocycles. The van der Waals surface area contributed by atoms with Crippen molar-refractivity contribution in [1.82, 2.24) is 5.32 Å². The zero-order valence-electron chi connectivity index (χ0n) is 11.6. The molecule has 0 aromatic carbocycles. The number of thiophene rings is 1. The van der Waals surface area contributed by atoms with Gasteiger partial charge in [-0.1, -0.05) is 6.92 Å². The van der Waals surface area contributed by atoms with E-state index in [0.29, 0.717) is 18.5 Å². The molecule has 0 saturated carbocycles. The molecule has 1 aliphatic rings. The molecule has 0 spiro atoms. The fourth-order valence-corrected chi connectivity index (χ4v) is 6.83. The van der Waals surface area contributed by atoms with E-state index < -0.39 is 24.9 Å². The Morgan fingerprint density at radius 3 is 2.55 bits per heavy atom. The van der Waals surface area contributed by atoms with Gasteiger partial charge in [-0.25, -0.2) is 16.8 Å². The molecule has 2 heterocycles. The standard InChI is InChI=1S/C11H17NO4S3.Y/c1-4-12-9-5-7(2)19(15,16)11-8(9)6-10(17-11)18(3,13)14;/h6-7,9,12H,4-5H2,1-3H3;/t7-,9-;/m0./s1. The summed E-state index contributed by atoms with van der Waals surface area (Å²) in [7, 11) is -6.77. The third-order valence-electron chi connectivity index (χ3n) is 3.25. The van der Waals surface area contributed by atoms with Gasteiger partial charge >= 0.3 is 0 Å². The summed E-state index contributed by atoms with van der Waals surface area (Å²) in [5.74, 6) is 0. The molecule has 20 heavy (non-hydrogen) atoms. The van der Waals surface area contributed by atoms with Crippen LogP contribution in [0, 0.1) is 0 Å². The Kier molecular flexibility index (Phi) is 6.01. The summed E-state index contributed by atoms with van der Waals surface area (Å²) in [6.07, 6.45) is 1.58. The van der Waals surface area contributed by atoms with E-state index in [2.05, 4.69) is 5.32 Å². The van der Waals surface area contributed by atoms with Crippen LogP contribution < -0.4 is 5.32 Å². The third-order valence-corrected chi connectivity index (χ3v) is 8.95. The number of nitrogens with one attached hydrogen (secondary N) is 1. The Balaban J connectivity index is 0.00000200. The summed E-state index contributed by atoms with van der Waals surface area (Å²) in [4.78, 5) is 0. The Hall–Kier alpha value is 0.664. The van der Waals surface area contributed by atoms with E-state index in [4.69, 9.17) is 0 Å². The van der Waals surface area contributed by atoms with Crippen LogP contribution in [0.25, 0.3) is 0 Å². The van der Waals surface area contributed by atoms with Gasteiger partial charge in [-0.3, -0.25) is 0 Å². The fraction of sp³-hybridized carbons (Fsp3) is 0.636. The molecule has 0 fully saturated rings. The smallest absolute Gasteiger partial charge is 0.190 e. The van der Waals surface area contributed by atoms with Crippen molar-refractivity contribution >= 4 is 31.0 Å². The van der Waals surface area contributed by atoms with Crippen LogP contribution >= 0.6 is 11.3 Å². The maximum absolute atomic E-state index is 12.3. The molecular formula is C11H17NO4S3Y. The quantitative estimate of drug-likeness (QED) is 0.811. The topological polar surface area (TPSA) is 80.3 Å². The minimum absolute atomic E-state index is 0. The van der Waals surface area contributed by atoms with Gasteiger partial charge in [0.05, 0.1) is 5.25 Å². The van der Waals surface area contributed by atoms with E-state index in [0.717, 1.165) is 17.6 Å². The Bertz CT molecular complexity index is 693. The average molecular weight is 412 g/mol. The van der Waals surface area contributed by atoms with Gasteiger partial charge in [0.1, 0.15) is 8.42 Å². The van der Waals surface area contributed by atoms with Gasteiger partial charge in [0.25, 0.3) is 0 Å². The summed E-state index contributed by atoms with van der Waals surface area (Å²) < 4.78 is 48.1. The second kappa shape index (κ2) is 6.42. The molecule has 111 valence electrons. The fourth-order valence-electron chi connectivity index (χ4n) is 2.22. The Labute approximate surface area is 149 Å². The number of sulfone groups is 2. The summed E-state index contributed by atoms with van der Waals surface area (Å²) in [6.45, 7) is 4.32. The molecule has 9 heteroatoms. The van der Waals surface area contributed by atoms with Crippen LogP contribution in [0.5, 0.6) is 0 Å². The second-order valence-electron chi connectivity index (χ2n) is 4.78. The number of hydrogen-bond acceptors (Lipinski definition) is 6. The zero-order valence-corrected chi connectivity index (χ0v) is 16.9. The van der Waals surface area contributed by atoms with Crippen molar-refractivity contribution in [2.45, 2.75) is 40.0 Å². The van der Waals surface area contributed by atoms with E-state index in [1.165, 1.54) is 6.07 Å². The number of fused-ring (bicyclic) bond motifs is 1. The van der Waals surface area contributed by atoms with Gasteiger partial charge in [-0.15, -0.1) is 11.3 Å². The summed E-state index contributed by atoms with van der Waals surface area (Å²) in [5.41, 5.74) is 0.602. The predicted octanol–water partition coefficient (Wildman–Crippen LogP) is 1.37. The van der Waals surface area contributed by atoms with Crippen molar-refractivity contribution in [2.24, 2.45) is 0 Å². The number of rotatable bonds is 3. The van der Waals surface area contributed by atoms with Crippen LogP contribution in [0.3, 0.4) is 0 Å². The predicted molar refractivity (Wildman–Crippen MR) is 75.1 cm³/mol. The molecule has 5 nitrogen and oxygen atoms in total. The average Bonchev–Trinajstić information content (AvgIpc) is 2.72. The zero-order chi connectivity index (χ0) is 14.4. The SMILES string of the molecule is CCN[C@H]1C[C@H](C)S(=O)(=O)c2sc(S(C)(=O)=O)cc21.[Y]. The van der Waals surface area contributed by atoms with Crippen LogP contribution in [0.4, 0.5) is 0 Å². The first-order valence-corrected chi connectivity index (χ1v) is 10.2. The molecule has 0 amide bonds. The van der Waals surface area contributed by atoms with E-state index in [9.17, 15) is 16.8 Å². The van der Waals surface area contributed by atoms with Crippen molar-refractivity contribution in [3.05, 3.63) is 11.6 Å². The van der Waals surface area contributed by atoms with Gasteiger partial charge in [0.2, 0.25) is 0 Å². The van der Waals surface area contributed by atoms with Gasteiger partial charge in [0, 0.05) is 45.0 Å². The monoisotopic (exact) mass is 412 g/mol. The molecule has 0 bridgehead atoms. The molecule has 1 aliphatic heterocycles. The van der Waals surface area contributed by atoms with Crippen molar-refractivity contribution in [3.8, 4) is 0 Å². The summed E-state index contributed by atoms with van der Waals surface area (Å²) in [6, 6.07) is 1.41. The van der Waals surface area contributed by atoms with Gasteiger partial charge < -0.3 is 5.32 Å². The largest absolute Gasteiger partial charge is 0.310 e. The molecule has 1 N–H and O–H groups in total. The first-order chi connectivity index (χ1) is 8.67. The van der Waals surface area contributed by atoms with Crippen LogP contribution in [0.1, 0.15) is 31.9 Å². The van der Waals surface area contributed by atoms with E-state index in [1.54, 1.807) is 6.92 Å². The minimum Gasteiger partial charge on any atom is -0.310 e. The van der Waals surface area contributed by atoms with Gasteiger partial charge in [-0.2, -0.15) is 0 Å². The van der Waals surface area contributed by atoms with E-state index >= 15 is 0 Å². The second-order valence-corrected chi connectivity index (χ2v) is 10.6. The van der Waals surface area contributed by atoms with E-state index in [-0.39, 0.29) is 47.2 Å². The molecular weight excluding hydrogens is 395 g/mol. The Morgan fingerprint density at radius 2 is 2.05 bits per heavy atom. The first-order valence-electron chi connectivity index (χ1n) is 5.99. The van der Waals surface area contributed by atoms with Crippen molar-refractivity contribution in [1.29, 1.82) is 0 Å². The molecule has 1 aromatic heterocycles. The number of hydrogen-bond donors (Lipinski definition) is 1. The van der Waals surface area contributed by atoms with E-state index in [1.807, 2.05) is 6.92 Å². The molecule has 1 aromatic rings. The maximum atomic E-state index is 12.3. The normalized spacial score (nSPS) is 24.8. The van der Waals surface area contributed by atoms with Gasteiger partial charge in [0.15, 0.2) is 19.7 Å². The van der Waals surface area contributed by atoms with Crippen LogP contribution in [-0.4, -0.2) is 34.9 Å². The van der Waals surface area contributed by atoms with Crippen molar-refractivity contribution < 1.29 is 49.5 Å². The van der Waals surface area contributed by atoms with Crippen LogP contribution in [0.2, 0.25) is 0 Å². The van der Waals surface area contributed by atoms with Crippen LogP contribution in [0.15, 0.2) is 14.5 Å². The van der Waals surface area contributed by atoms with Crippen molar-refractivity contribution in [3.63, 3.8) is 0 Å². The molecule has 1 radical (unpaired) electrons. The van der Waals surface area contributed by atoms with Crippen molar-refractivity contribution in [2.75, 3.05) is 12.8 Å². The first kappa shape index (κ1) is 18.7. The summed E-state index contributed by atoms with van der Waals surface area (Å²) >= 11 is 0.867. The maximum Gasteiger partial charge on any atom is 0.190 e. The van der Waals surface area contributed by atoms with Crippen LogP contribution in [-0.2, 0) is 52.4 Å².